The van der Waals surface area contributed by atoms with Crippen molar-refractivity contribution in [3.63, 3.8) is 0 Å². The Morgan fingerprint density at radius 2 is 2.11 bits per heavy atom. The van der Waals surface area contributed by atoms with Gasteiger partial charge in [0.05, 0.1) is 19.3 Å². The fraction of sp³-hybridized carbons (Fsp3) is 0.917. The molecular weight excluding hydrogens is 250 g/mol. The topological polar surface area (TPSA) is 44.8 Å². The first-order chi connectivity index (χ1) is 8.84. The van der Waals surface area contributed by atoms with E-state index in [-0.39, 0.29) is 6.04 Å². The van der Waals surface area contributed by atoms with Gasteiger partial charge in [0.15, 0.2) is 0 Å². The summed E-state index contributed by atoms with van der Waals surface area (Å²) in [5.74, 6) is 2.14. The lowest BCUT2D eigenvalue weighted by molar-refractivity contribution is -0.131. The third-order valence-corrected chi connectivity index (χ3v) is 4.99. The van der Waals surface area contributed by atoms with Crippen molar-refractivity contribution < 1.29 is 9.53 Å². The predicted molar refractivity (Wildman–Crippen MR) is 71.6 cm³/mol. The molecule has 0 aliphatic carbocycles. The zero-order chi connectivity index (χ0) is 12.4. The number of carbonyl (C=O) groups is 1. The van der Waals surface area contributed by atoms with Crippen LogP contribution in [0.15, 0.2) is 0 Å². The molecule has 1 amide bonds. The Morgan fingerprint density at radius 3 is 2.83 bits per heavy atom. The van der Waals surface area contributed by atoms with E-state index in [1.54, 1.807) is 0 Å². The fourth-order valence-electron chi connectivity index (χ4n) is 2.96. The SMILES string of the molecule is O=C([C@H]1CSCN1)N1CC[C@@H](N2CCOCC2)C1. The number of morpholine rings is 1. The van der Waals surface area contributed by atoms with Gasteiger partial charge in [-0.25, -0.2) is 0 Å². The van der Waals surface area contributed by atoms with Crippen LogP contribution in [0.3, 0.4) is 0 Å². The molecule has 1 N–H and O–H groups in total. The van der Waals surface area contributed by atoms with Gasteiger partial charge < -0.3 is 9.64 Å². The van der Waals surface area contributed by atoms with Crippen LogP contribution in [-0.4, -0.2) is 78.8 Å². The van der Waals surface area contributed by atoms with Gasteiger partial charge in [0, 0.05) is 43.9 Å². The number of hydrogen-bond acceptors (Lipinski definition) is 5. The zero-order valence-electron chi connectivity index (χ0n) is 10.6. The maximum absolute atomic E-state index is 12.3. The summed E-state index contributed by atoms with van der Waals surface area (Å²) in [6, 6.07) is 0.602. The summed E-state index contributed by atoms with van der Waals surface area (Å²) in [6.07, 6.45) is 1.12. The summed E-state index contributed by atoms with van der Waals surface area (Å²) >= 11 is 1.81. The predicted octanol–water partition coefficient (Wildman–Crippen LogP) is -0.418. The highest BCUT2D eigenvalue weighted by Gasteiger charge is 2.34. The maximum atomic E-state index is 12.3. The molecule has 5 nitrogen and oxygen atoms in total. The maximum Gasteiger partial charge on any atom is 0.240 e. The largest absolute Gasteiger partial charge is 0.379 e. The second-order valence-electron chi connectivity index (χ2n) is 5.15. The Kier molecular flexibility index (Phi) is 4.08. The van der Waals surface area contributed by atoms with E-state index in [0.29, 0.717) is 11.9 Å². The van der Waals surface area contributed by atoms with Crippen LogP contribution in [0.2, 0.25) is 0 Å². The number of ether oxygens (including phenoxy) is 1. The molecule has 0 aromatic rings. The second kappa shape index (κ2) is 5.77. The molecule has 3 rings (SSSR count). The van der Waals surface area contributed by atoms with Crippen molar-refractivity contribution in [3.8, 4) is 0 Å². The first kappa shape index (κ1) is 12.7. The molecule has 0 spiro atoms. The van der Waals surface area contributed by atoms with Crippen LogP contribution in [0, 0.1) is 0 Å². The lowest BCUT2D eigenvalue weighted by Gasteiger charge is -2.32. The number of nitrogens with one attached hydrogen (secondary N) is 1. The molecule has 3 aliphatic heterocycles. The Morgan fingerprint density at radius 1 is 1.28 bits per heavy atom. The van der Waals surface area contributed by atoms with Crippen LogP contribution in [-0.2, 0) is 9.53 Å². The summed E-state index contributed by atoms with van der Waals surface area (Å²) in [5, 5.41) is 3.27. The highest BCUT2D eigenvalue weighted by molar-refractivity contribution is 7.99. The van der Waals surface area contributed by atoms with E-state index in [0.717, 1.165) is 57.4 Å². The minimum atomic E-state index is 0.0541. The van der Waals surface area contributed by atoms with Gasteiger partial charge in [0.25, 0.3) is 0 Å². The second-order valence-corrected chi connectivity index (χ2v) is 6.18. The van der Waals surface area contributed by atoms with Gasteiger partial charge in [-0.3, -0.25) is 15.0 Å². The standard InChI is InChI=1S/C12H21N3O2S/c16-12(11-8-18-9-13-11)15-2-1-10(7-15)14-3-5-17-6-4-14/h10-11,13H,1-9H2/t10-,11-/m1/s1. The minimum absolute atomic E-state index is 0.0541. The molecule has 18 heavy (non-hydrogen) atoms. The van der Waals surface area contributed by atoms with Gasteiger partial charge in [0.2, 0.25) is 5.91 Å². The van der Waals surface area contributed by atoms with Crippen molar-refractivity contribution in [2.24, 2.45) is 0 Å². The molecule has 6 heteroatoms. The molecule has 102 valence electrons. The highest BCUT2D eigenvalue weighted by Crippen LogP contribution is 2.20. The number of nitrogens with zero attached hydrogens (tertiary/aromatic N) is 2. The van der Waals surface area contributed by atoms with E-state index in [9.17, 15) is 4.79 Å². The highest BCUT2D eigenvalue weighted by atomic mass is 32.2. The van der Waals surface area contributed by atoms with Gasteiger partial charge in [-0.2, -0.15) is 0 Å². The smallest absolute Gasteiger partial charge is 0.240 e. The first-order valence-corrected chi connectivity index (χ1v) is 7.92. The fourth-order valence-corrected chi connectivity index (χ4v) is 3.89. The molecule has 0 bridgehead atoms. The summed E-state index contributed by atoms with van der Waals surface area (Å²) < 4.78 is 5.38. The van der Waals surface area contributed by atoms with E-state index < -0.39 is 0 Å². The molecule has 0 radical (unpaired) electrons. The van der Waals surface area contributed by atoms with Crippen LogP contribution in [0.4, 0.5) is 0 Å². The van der Waals surface area contributed by atoms with Gasteiger partial charge in [-0.1, -0.05) is 0 Å². The number of hydrogen-bond donors (Lipinski definition) is 1. The van der Waals surface area contributed by atoms with Crippen LogP contribution in [0.1, 0.15) is 6.42 Å². The molecule has 3 heterocycles. The summed E-state index contributed by atoms with van der Waals surface area (Å²) in [7, 11) is 0. The Bertz CT molecular complexity index is 304. The number of likely N-dealkylation sites (tertiary alicyclic amines) is 1. The average Bonchev–Trinajstić information content (AvgIpc) is 3.10. The zero-order valence-corrected chi connectivity index (χ0v) is 11.5. The minimum Gasteiger partial charge on any atom is -0.379 e. The van der Waals surface area contributed by atoms with E-state index in [1.807, 2.05) is 16.7 Å². The molecule has 0 aromatic carbocycles. The third-order valence-electron chi connectivity index (χ3n) is 4.05. The normalized spacial score (nSPS) is 34.1. The summed E-state index contributed by atoms with van der Waals surface area (Å²) in [4.78, 5) is 16.8. The molecular formula is C12H21N3O2S. The average molecular weight is 271 g/mol. The lowest BCUT2D eigenvalue weighted by Crippen LogP contribution is -2.47. The Labute approximate surface area is 112 Å². The van der Waals surface area contributed by atoms with Crippen LogP contribution in [0.25, 0.3) is 0 Å². The molecule has 3 fully saturated rings. The van der Waals surface area contributed by atoms with E-state index in [4.69, 9.17) is 4.74 Å². The molecule has 2 atom stereocenters. The lowest BCUT2D eigenvalue weighted by atomic mass is 10.2. The molecule has 3 aliphatic rings. The monoisotopic (exact) mass is 271 g/mol. The van der Waals surface area contributed by atoms with Crippen LogP contribution in [0.5, 0.6) is 0 Å². The number of rotatable bonds is 2. The quantitative estimate of drug-likeness (QED) is 0.739. The Balaban J connectivity index is 1.52. The van der Waals surface area contributed by atoms with Crippen molar-refractivity contribution in [1.29, 1.82) is 0 Å². The van der Waals surface area contributed by atoms with Crippen LogP contribution < -0.4 is 5.32 Å². The molecule has 0 saturated carbocycles. The van der Waals surface area contributed by atoms with E-state index >= 15 is 0 Å². The van der Waals surface area contributed by atoms with Gasteiger partial charge in [-0.15, -0.1) is 11.8 Å². The van der Waals surface area contributed by atoms with Gasteiger partial charge in [0.1, 0.15) is 0 Å². The summed E-state index contributed by atoms with van der Waals surface area (Å²) in [6.45, 7) is 5.54. The van der Waals surface area contributed by atoms with Crippen molar-refractivity contribution in [3.05, 3.63) is 0 Å². The van der Waals surface area contributed by atoms with E-state index in [2.05, 4.69) is 10.2 Å². The number of amides is 1. The van der Waals surface area contributed by atoms with Crippen molar-refractivity contribution in [2.45, 2.75) is 18.5 Å². The van der Waals surface area contributed by atoms with Crippen LogP contribution >= 0.6 is 11.8 Å². The molecule has 0 aromatic heterocycles. The van der Waals surface area contributed by atoms with Crippen molar-refractivity contribution in [1.82, 2.24) is 15.1 Å². The van der Waals surface area contributed by atoms with E-state index in [1.165, 1.54) is 0 Å². The van der Waals surface area contributed by atoms with Crippen molar-refractivity contribution in [2.75, 3.05) is 51.0 Å². The van der Waals surface area contributed by atoms with Gasteiger partial charge in [-0.05, 0) is 6.42 Å². The number of thioether (sulfide) groups is 1. The first-order valence-electron chi connectivity index (χ1n) is 6.76. The number of carbonyl (C=O) groups excluding carboxylic acids is 1. The molecule has 0 unspecified atom stereocenters. The Hall–Kier alpha value is -0.300. The molecule has 3 saturated heterocycles. The van der Waals surface area contributed by atoms with Crippen molar-refractivity contribution >= 4 is 17.7 Å². The summed E-state index contributed by atoms with van der Waals surface area (Å²) in [5.41, 5.74) is 0. The van der Waals surface area contributed by atoms with Gasteiger partial charge >= 0.3 is 0 Å². The third kappa shape index (κ3) is 2.66.